The van der Waals surface area contributed by atoms with E-state index < -0.39 is 11.9 Å². The number of hydrogen-bond donors (Lipinski definition) is 3. The zero-order valence-corrected chi connectivity index (χ0v) is 15.7. The van der Waals surface area contributed by atoms with Gasteiger partial charge in [0.05, 0.1) is 17.3 Å². The van der Waals surface area contributed by atoms with E-state index >= 15 is 0 Å². The zero-order chi connectivity index (χ0) is 18.6. The molecule has 0 saturated heterocycles. The summed E-state index contributed by atoms with van der Waals surface area (Å²) in [6.45, 7) is 5.64. The number of halogens is 2. The van der Waals surface area contributed by atoms with Gasteiger partial charge in [-0.1, -0.05) is 40.9 Å². The van der Waals surface area contributed by atoms with E-state index in [2.05, 4.69) is 16.0 Å². The third-order valence-electron chi connectivity index (χ3n) is 3.53. The van der Waals surface area contributed by atoms with Crippen molar-refractivity contribution in [1.82, 2.24) is 5.32 Å². The van der Waals surface area contributed by atoms with E-state index in [4.69, 9.17) is 23.2 Å². The number of rotatable bonds is 4. The van der Waals surface area contributed by atoms with Crippen LogP contribution in [0.25, 0.3) is 0 Å². The van der Waals surface area contributed by atoms with Crippen LogP contribution in [0.1, 0.15) is 16.7 Å². The van der Waals surface area contributed by atoms with E-state index in [1.807, 2.05) is 32.9 Å². The predicted octanol–water partition coefficient (Wildman–Crippen LogP) is 4.68. The minimum atomic E-state index is -0.456. The van der Waals surface area contributed by atoms with Gasteiger partial charge in [-0.05, 0) is 50.1 Å². The van der Waals surface area contributed by atoms with E-state index in [-0.39, 0.29) is 6.54 Å². The molecule has 5 nitrogen and oxygen atoms in total. The van der Waals surface area contributed by atoms with Crippen molar-refractivity contribution in [2.45, 2.75) is 20.8 Å². The predicted molar refractivity (Wildman–Crippen MR) is 103 cm³/mol. The van der Waals surface area contributed by atoms with Crippen LogP contribution in [0.3, 0.4) is 0 Å². The Kier molecular flexibility index (Phi) is 6.28. The number of hydrogen-bond acceptors (Lipinski definition) is 2. The number of anilines is 2. The third kappa shape index (κ3) is 5.37. The van der Waals surface area contributed by atoms with Gasteiger partial charge in [0.2, 0.25) is 5.91 Å². The fourth-order valence-electron chi connectivity index (χ4n) is 2.48. The van der Waals surface area contributed by atoms with E-state index in [0.717, 1.165) is 22.4 Å². The van der Waals surface area contributed by atoms with Crippen molar-refractivity contribution in [2.75, 3.05) is 17.2 Å². The molecule has 0 fully saturated rings. The summed E-state index contributed by atoms with van der Waals surface area (Å²) in [7, 11) is 0. The molecule has 0 spiro atoms. The summed E-state index contributed by atoms with van der Waals surface area (Å²) < 4.78 is 0. The van der Waals surface area contributed by atoms with E-state index in [1.54, 1.807) is 18.2 Å². The highest BCUT2D eigenvalue weighted by Gasteiger charge is 2.11. The maximum absolute atomic E-state index is 12.0. The second-order valence-electron chi connectivity index (χ2n) is 5.75. The fraction of sp³-hybridized carbons (Fsp3) is 0.222. The summed E-state index contributed by atoms with van der Waals surface area (Å²) >= 11 is 11.9. The highest BCUT2D eigenvalue weighted by atomic mass is 35.5. The van der Waals surface area contributed by atoms with Gasteiger partial charge in [0.15, 0.2) is 0 Å². The summed E-state index contributed by atoms with van der Waals surface area (Å²) in [6.07, 6.45) is 0. The van der Waals surface area contributed by atoms with Gasteiger partial charge in [-0.3, -0.25) is 4.79 Å². The number of amides is 3. The van der Waals surface area contributed by atoms with Gasteiger partial charge in [-0.15, -0.1) is 0 Å². The second kappa shape index (κ2) is 8.23. The number of nitrogens with one attached hydrogen (secondary N) is 3. The van der Waals surface area contributed by atoms with E-state index in [1.165, 1.54) is 0 Å². The first kappa shape index (κ1) is 19.1. The fourth-order valence-corrected chi connectivity index (χ4v) is 2.82. The van der Waals surface area contributed by atoms with Crippen LogP contribution in [0.15, 0.2) is 30.3 Å². The van der Waals surface area contributed by atoms with Crippen LogP contribution in [-0.2, 0) is 4.79 Å². The smallest absolute Gasteiger partial charge is 0.319 e. The summed E-state index contributed by atoms with van der Waals surface area (Å²) in [5.74, 6) is -0.406. The van der Waals surface area contributed by atoms with Gasteiger partial charge in [0.25, 0.3) is 0 Å². The van der Waals surface area contributed by atoms with Gasteiger partial charge < -0.3 is 16.0 Å². The lowest BCUT2D eigenvalue weighted by Gasteiger charge is -2.14. The molecule has 25 heavy (non-hydrogen) atoms. The molecular weight excluding hydrogens is 361 g/mol. The first-order valence-electron chi connectivity index (χ1n) is 7.64. The summed E-state index contributed by atoms with van der Waals surface area (Å²) in [5, 5.41) is 8.71. The molecule has 0 aliphatic carbocycles. The first-order chi connectivity index (χ1) is 11.8. The van der Waals surface area contributed by atoms with Gasteiger partial charge in [0, 0.05) is 10.7 Å². The molecule has 2 aromatic carbocycles. The molecule has 7 heteroatoms. The molecule has 2 aromatic rings. The van der Waals surface area contributed by atoms with Gasteiger partial charge in [-0.2, -0.15) is 0 Å². The average molecular weight is 380 g/mol. The van der Waals surface area contributed by atoms with Gasteiger partial charge in [0.1, 0.15) is 0 Å². The Labute approximate surface area is 156 Å². The molecular formula is C18H19Cl2N3O2. The molecule has 0 aromatic heterocycles. The number of carbonyl (C=O) groups excluding carboxylic acids is 2. The van der Waals surface area contributed by atoms with Crippen molar-refractivity contribution in [3.63, 3.8) is 0 Å². The molecule has 0 atom stereocenters. The minimum absolute atomic E-state index is 0.196. The van der Waals surface area contributed by atoms with Crippen LogP contribution in [0.5, 0.6) is 0 Å². The molecule has 0 heterocycles. The number of urea groups is 1. The van der Waals surface area contributed by atoms with Crippen LogP contribution >= 0.6 is 23.2 Å². The molecule has 0 saturated carbocycles. The number of benzene rings is 2. The number of aryl methyl sites for hydroxylation is 3. The van der Waals surface area contributed by atoms with Crippen molar-refractivity contribution < 1.29 is 9.59 Å². The molecule has 2 rings (SSSR count). The Balaban J connectivity index is 1.92. The molecule has 0 aliphatic rings. The highest BCUT2D eigenvalue weighted by molar-refractivity contribution is 6.35. The Hall–Kier alpha value is -2.24. The normalized spacial score (nSPS) is 10.3. The molecule has 0 aliphatic heterocycles. The van der Waals surface area contributed by atoms with E-state index in [0.29, 0.717) is 15.7 Å². The Bertz CT molecular complexity index is 799. The Morgan fingerprint density at radius 3 is 2.24 bits per heavy atom. The van der Waals surface area contributed by atoms with Gasteiger partial charge >= 0.3 is 6.03 Å². The lowest BCUT2D eigenvalue weighted by atomic mass is 10.1. The Morgan fingerprint density at radius 2 is 1.60 bits per heavy atom. The first-order valence-corrected chi connectivity index (χ1v) is 8.39. The maximum atomic E-state index is 12.0. The monoisotopic (exact) mass is 379 g/mol. The van der Waals surface area contributed by atoms with Crippen LogP contribution in [0, 0.1) is 20.8 Å². The lowest BCUT2D eigenvalue weighted by molar-refractivity contribution is -0.115. The van der Waals surface area contributed by atoms with Crippen molar-refractivity contribution in [2.24, 2.45) is 0 Å². The summed E-state index contributed by atoms with van der Waals surface area (Å²) in [6, 6.07) is 8.26. The molecule has 0 unspecified atom stereocenters. The highest BCUT2D eigenvalue weighted by Crippen LogP contribution is 2.25. The van der Waals surface area contributed by atoms with Crippen LogP contribution in [0.2, 0.25) is 10.0 Å². The molecule has 132 valence electrons. The summed E-state index contributed by atoms with van der Waals surface area (Å²) in [5.41, 5.74) is 4.18. The third-order valence-corrected chi connectivity index (χ3v) is 4.09. The quantitative estimate of drug-likeness (QED) is 0.721. The lowest BCUT2D eigenvalue weighted by Crippen LogP contribution is -2.36. The Morgan fingerprint density at radius 1 is 0.960 bits per heavy atom. The summed E-state index contributed by atoms with van der Waals surface area (Å²) in [4.78, 5) is 24.0. The zero-order valence-electron chi connectivity index (χ0n) is 14.2. The minimum Gasteiger partial charge on any atom is -0.329 e. The SMILES string of the molecule is Cc1cc(C)c(NC(=O)NCC(=O)Nc2cc(Cl)ccc2Cl)c(C)c1. The topological polar surface area (TPSA) is 70.2 Å². The van der Waals surface area contributed by atoms with Crippen LogP contribution in [-0.4, -0.2) is 18.5 Å². The van der Waals surface area contributed by atoms with Crippen molar-refractivity contribution >= 4 is 46.5 Å². The second-order valence-corrected chi connectivity index (χ2v) is 6.60. The standard InChI is InChI=1S/C18H19Cl2N3O2/c1-10-6-11(2)17(12(3)7-10)23-18(25)21-9-16(24)22-15-8-13(19)4-5-14(15)20/h4-8H,9H2,1-3H3,(H,22,24)(H2,21,23,25). The molecule has 3 amide bonds. The van der Waals surface area contributed by atoms with Crippen molar-refractivity contribution in [3.8, 4) is 0 Å². The van der Waals surface area contributed by atoms with Crippen LogP contribution < -0.4 is 16.0 Å². The maximum Gasteiger partial charge on any atom is 0.319 e. The van der Waals surface area contributed by atoms with Crippen molar-refractivity contribution in [1.29, 1.82) is 0 Å². The molecule has 0 bridgehead atoms. The largest absolute Gasteiger partial charge is 0.329 e. The molecule has 0 radical (unpaired) electrons. The average Bonchev–Trinajstić information content (AvgIpc) is 2.52. The van der Waals surface area contributed by atoms with Crippen LogP contribution in [0.4, 0.5) is 16.2 Å². The molecule has 3 N–H and O–H groups in total. The van der Waals surface area contributed by atoms with Gasteiger partial charge in [-0.25, -0.2) is 4.79 Å². The number of carbonyl (C=O) groups is 2. The van der Waals surface area contributed by atoms with E-state index in [9.17, 15) is 9.59 Å². The van der Waals surface area contributed by atoms with Crippen molar-refractivity contribution in [3.05, 3.63) is 57.1 Å².